The van der Waals surface area contributed by atoms with Gasteiger partial charge < -0.3 is 4.74 Å². The van der Waals surface area contributed by atoms with Crippen molar-refractivity contribution in [3.8, 4) is 0 Å². The smallest absolute Gasteiger partial charge is 0.0613 e. The van der Waals surface area contributed by atoms with Gasteiger partial charge in [0.05, 0.1) is 6.10 Å². The van der Waals surface area contributed by atoms with E-state index in [4.69, 9.17) is 4.74 Å². The Kier molecular flexibility index (Phi) is 4.45. The third-order valence-electron chi connectivity index (χ3n) is 5.53. The Bertz CT molecular complexity index is 296. The number of nitrogens with zero attached hydrogens (tertiary/aromatic N) is 2. The van der Waals surface area contributed by atoms with Crippen LogP contribution in [0.15, 0.2) is 0 Å². The van der Waals surface area contributed by atoms with Gasteiger partial charge >= 0.3 is 0 Å². The molecule has 3 nitrogen and oxygen atoms in total. The lowest BCUT2D eigenvalue weighted by Crippen LogP contribution is -2.59. The van der Waals surface area contributed by atoms with E-state index in [-0.39, 0.29) is 0 Å². The number of hydrogen-bond donors (Lipinski definition) is 0. The molecule has 3 aliphatic heterocycles. The zero-order chi connectivity index (χ0) is 13.2. The Morgan fingerprint density at radius 1 is 1.16 bits per heavy atom. The number of rotatable bonds is 3. The first kappa shape index (κ1) is 13.8. The summed E-state index contributed by atoms with van der Waals surface area (Å²) in [5, 5.41) is 0. The highest BCUT2D eigenvalue weighted by atomic mass is 16.5. The molecular weight excluding hydrogens is 236 g/mol. The summed E-state index contributed by atoms with van der Waals surface area (Å²) in [5.41, 5.74) is 0. The Morgan fingerprint density at radius 2 is 2.05 bits per heavy atom. The van der Waals surface area contributed by atoms with Gasteiger partial charge in [-0.2, -0.15) is 0 Å². The fourth-order valence-corrected chi connectivity index (χ4v) is 4.32. The number of ether oxygens (including phenoxy) is 1. The molecule has 0 bridgehead atoms. The molecule has 0 aromatic carbocycles. The van der Waals surface area contributed by atoms with Crippen molar-refractivity contribution in [2.24, 2.45) is 5.92 Å². The summed E-state index contributed by atoms with van der Waals surface area (Å²) in [4.78, 5) is 5.50. The van der Waals surface area contributed by atoms with Crippen molar-refractivity contribution < 1.29 is 4.74 Å². The summed E-state index contributed by atoms with van der Waals surface area (Å²) >= 11 is 0. The standard InChI is InChI=1S/C16H30N2O/c1-3-16-14(7-9-19-16)11-18-12-15-6-4-5-8-17(15)10-13(18)2/h13-16H,3-12H2,1-2H3. The van der Waals surface area contributed by atoms with E-state index >= 15 is 0 Å². The highest BCUT2D eigenvalue weighted by molar-refractivity contribution is 4.91. The molecule has 0 saturated carbocycles. The van der Waals surface area contributed by atoms with Crippen molar-refractivity contribution in [2.75, 3.05) is 32.8 Å². The topological polar surface area (TPSA) is 15.7 Å². The maximum absolute atomic E-state index is 5.86. The predicted octanol–water partition coefficient (Wildman–Crippen LogP) is 2.36. The van der Waals surface area contributed by atoms with E-state index in [9.17, 15) is 0 Å². The molecule has 3 rings (SSSR count). The van der Waals surface area contributed by atoms with Gasteiger partial charge in [-0.15, -0.1) is 0 Å². The number of hydrogen-bond acceptors (Lipinski definition) is 3. The van der Waals surface area contributed by atoms with Gasteiger partial charge in [-0.05, 0) is 45.1 Å². The second-order valence-electron chi connectivity index (χ2n) is 6.81. The molecule has 3 saturated heterocycles. The molecule has 3 heterocycles. The van der Waals surface area contributed by atoms with E-state index in [1.54, 1.807) is 0 Å². The largest absolute Gasteiger partial charge is 0.378 e. The second kappa shape index (κ2) is 6.11. The molecule has 0 amide bonds. The van der Waals surface area contributed by atoms with Crippen LogP contribution in [0.25, 0.3) is 0 Å². The van der Waals surface area contributed by atoms with Gasteiger partial charge in [0.2, 0.25) is 0 Å². The first-order chi connectivity index (χ1) is 9.28. The van der Waals surface area contributed by atoms with Crippen molar-refractivity contribution >= 4 is 0 Å². The van der Waals surface area contributed by atoms with Crippen molar-refractivity contribution in [3.63, 3.8) is 0 Å². The Hall–Kier alpha value is -0.120. The van der Waals surface area contributed by atoms with E-state index in [1.165, 1.54) is 58.3 Å². The molecule has 0 aromatic rings. The molecule has 3 fully saturated rings. The molecule has 0 radical (unpaired) electrons. The Morgan fingerprint density at radius 3 is 2.89 bits per heavy atom. The van der Waals surface area contributed by atoms with Crippen LogP contribution in [0.4, 0.5) is 0 Å². The van der Waals surface area contributed by atoms with Gasteiger partial charge in [0.15, 0.2) is 0 Å². The molecule has 0 N–H and O–H groups in total. The average molecular weight is 266 g/mol. The van der Waals surface area contributed by atoms with Crippen LogP contribution in [0, 0.1) is 5.92 Å². The molecule has 4 atom stereocenters. The number of fused-ring (bicyclic) bond motifs is 1. The maximum atomic E-state index is 5.86. The minimum Gasteiger partial charge on any atom is -0.378 e. The zero-order valence-electron chi connectivity index (χ0n) is 12.7. The monoisotopic (exact) mass is 266 g/mol. The maximum Gasteiger partial charge on any atom is 0.0613 e. The minimum absolute atomic E-state index is 0.525. The van der Waals surface area contributed by atoms with Crippen LogP contribution >= 0.6 is 0 Å². The van der Waals surface area contributed by atoms with Crippen LogP contribution in [0.5, 0.6) is 0 Å². The summed E-state index contributed by atoms with van der Waals surface area (Å²) in [7, 11) is 0. The van der Waals surface area contributed by atoms with Crippen LogP contribution in [-0.4, -0.2) is 60.8 Å². The van der Waals surface area contributed by atoms with Gasteiger partial charge in [0.1, 0.15) is 0 Å². The fraction of sp³-hybridized carbons (Fsp3) is 1.00. The van der Waals surface area contributed by atoms with Crippen molar-refractivity contribution in [1.29, 1.82) is 0 Å². The normalized spacial score (nSPS) is 41.4. The van der Waals surface area contributed by atoms with E-state index in [0.717, 1.165) is 24.6 Å². The van der Waals surface area contributed by atoms with Crippen LogP contribution in [0.2, 0.25) is 0 Å². The molecule has 19 heavy (non-hydrogen) atoms. The van der Waals surface area contributed by atoms with Gasteiger partial charge in [-0.25, -0.2) is 0 Å². The highest BCUT2D eigenvalue weighted by Gasteiger charge is 2.36. The lowest BCUT2D eigenvalue weighted by atomic mass is 9.94. The molecule has 0 aliphatic carbocycles. The number of piperidine rings is 1. The average Bonchev–Trinajstić information content (AvgIpc) is 2.87. The molecule has 3 heteroatoms. The molecule has 3 aliphatic rings. The molecule has 0 spiro atoms. The van der Waals surface area contributed by atoms with Gasteiger partial charge in [-0.1, -0.05) is 13.3 Å². The fourth-order valence-electron chi connectivity index (χ4n) is 4.32. The van der Waals surface area contributed by atoms with Crippen LogP contribution in [0.1, 0.15) is 46.0 Å². The molecular formula is C16H30N2O. The van der Waals surface area contributed by atoms with E-state index in [0.29, 0.717) is 6.10 Å². The molecule has 4 unspecified atom stereocenters. The van der Waals surface area contributed by atoms with Crippen LogP contribution in [-0.2, 0) is 4.74 Å². The quantitative estimate of drug-likeness (QED) is 0.780. The lowest BCUT2D eigenvalue weighted by Gasteiger charge is -2.48. The molecule has 0 aromatic heterocycles. The van der Waals surface area contributed by atoms with E-state index in [2.05, 4.69) is 23.6 Å². The third-order valence-corrected chi connectivity index (χ3v) is 5.53. The Labute approximate surface area is 118 Å². The van der Waals surface area contributed by atoms with Crippen molar-refractivity contribution in [1.82, 2.24) is 9.80 Å². The first-order valence-corrected chi connectivity index (χ1v) is 8.37. The van der Waals surface area contributed by atoms with E-state index < -0.39 is 0 Å². The SMILES string of the molecule is CCC1OCCC1CN1CC2CCCCN2CC1C. The lowest BCUT2D eigenvalue weighted by molar-refractivity contribution is -0.00149. The number of piperazine rings is 1. The highest BCUT2D eigenvalue weighted by Crippen LogP contribution is 2.28. The zero-order valence-corrected chi connectivity index (χ0v) is 12.7. The van der Waals surface area contributed by atoms with Crippen molar-refractivity contribution in [2.45, 2.75) is 64.1 Å². The molecule has 110 valence electrons. The first-order valence-electron chi connectivity index (χ1n) is 8.37. The Balaban J connectivity index is 1.58. The van der Waals surface area contributed by atoms with E-state index in [1.807, 2.05) is 0 Å². The van der Waals surface area contributed by atoms with Crippen molar-refractivity contribution in [3.05, 3.63) is 0 Å². The summed E-state index contributed by atoms with van der Waals surface area (Å²) in [6.07, 6.45) is 7.25. The van der Waals surface area contributed by atoms with Crippen LogP contribution in [0.3, 0.4) is 0 Å². The summed E-state index contributed by atoms with van der Waals surface area (Å²) < 4.78 is 5.86. The predicted molar refractivity (Wildman–Crippen MR) is 78.4 cm³/mol. The third kappa shape index (κ3) is 2.98. The van der Waals surface area contributed by atoms with Gasteiger partial charge in [0.25, 0.3) is 0 Å². The van der Waals surface area contributed by atoms with Gasteiger partial charge in [0, 0.05) is 38.3 Å². The summed E-state index contributed by atoms with van der Waals surface area (Å²) in [5.74, 6) is 0.780. The van der Waals surface area contributed by atoms with Gasteiger partial charge in [-0.3, -0.25) is 9.80 Å². The summed E-state index contributed by atoms with van der Waals surface area (Å²) in [6.45, 7) is 10.9. The van der Waals surface area contributed by atoms with Crippen LogP contribution < -0.4 is 0 Å². The second-order valence-corrected chi connectivity index (χ2v) is 6.81. The minimum atomic E-state index is 0.525. The summed E-state index contributed by atoms with van der Waals surface area (Å²) in [6, 6.07) is 1.57.